The number of esters is 1. The molecule has 0 saturated carbocycles. The summed E-state index contributed by atoms with van der Waals surface area (Å²) in [6, 6.07) is 7.90. The van der Waals surface area contributed by atoms with Crippen LogP contribution in [0.2, 0.25) is 0 Å². The highest BCUT2D eigenvalue weighted by Crippen LogP contribution is 2.32. The topological polar surface area (TPSA) is 86.9 Å². The van der Waals surface area contributed by atoms with E-state index in [1.165, 1.54) is 7.11 Å². The van der Waals surface area contributed by atoms with Crippen LogP contribution >= 0.6 is 0 Å². The van der Waals surface area contributed by atoms with Gasteiger partial charge in [-0.25, -0.2) is 14.8 Å². The van der Waals surface area contributed by atoms with E-state index in [0.29, 0.717) is 22.6 Å². The van der Waals surface area contributed by atoms with Crippen LogP contribution in [-0.2, 0) is 4.74 Å². The van der Waals surface area contributed by atoms with Crippen molar-refractivity contribution in [3.8, 4) is 0 Å². The predicted molar refractivity (Wildman–Crippen MR) is 88.9 cm³/mol. The van der Waals surface area contributed by atoms with Crippen LogP contribution < -0.4 is 4.90 Å². The molecule has 3 heterocycles. The average Bonchev–Trinajstić information content (AvgIpc) is 3.14. The van der Waals surface area contributed by atoms with Gasteiger partial charge in [0.2, 0.25) is 5.95 Å². The van der Waals surface area contributed by atoms with E-state index in [9.17, 15) is 4.79 Å². The van der Waals surface area contributed by atoms with Gasteiger partial charge in [-0.15, -0.1) is 0 Å². The Kier molecular flexibility index (Phi) is 2.77. The van der Waals surface area contributed by atoms with Crippen LogP contribution in [0.1, 0.15) is 10.5 Å². The third-order valence-electron chi connectivity index (χ3n) is 3.88. The first-order valence-electron chi connectivity index (χ1n) is 7.16. The molecular weight excluding hydrogens is 294 g/mol. The van der Waals surface area contributed by atoms with Crippen molar-refractivity contribution in [1.82, 2.24) is 19.9 Å². The Morgan fingerprint density at radius 3 is 2.70 bits per heavy atom. The molecule has 0 saturated heterocycles. The maximum atomic E-state index is 12.1. The number of anilines is 1. The third kappa shape index (κ3) is 1.86. The van der Waals surface area contributed by atoms with Crippen LogP contribution in [0, 0.1) is 0 Å². The largest absolute Gasteiger partial charge is 0.464 e. The number of nitrogens with zero attached hydrogens (tertiary/aromatic N) is 3. The van der Waals surface area contributed by atoms with Crippen LogP contribution in [0.4, 0.5) is 5.95 Å². The van der Waals surface area contributed by atoms with Crippen LogP contribution in [0.3, 0.4) is 0 Å². The number of aromatic nitrogens is 4. The molecule has 23 heavy (non-hydrogen) atoms. The molecule has 3 aromatic heterocycles. The molecule has 0 unspecified atom stereocenters. The summed E-state index contributed by atoms with van der Waals surface area (Å²) in [7, 11) is 5.11. The summed E-state index contributed by atoms with van der Waals surface area (Å²) in [5, 5.41) is 1.92. The molecule has 0 atom stereocenters. The summed E-state index contributed by atoms with van der Waals surface area (Å²) in [6.07, 6.45) is 0. The van der Waals surface area contributed by atoms with Gasteiger partial charge in [-0.3, -0.25) is 0 Å². The molecule has 2 N–H and O–H groups in total. The maximum absolute atomic E-state index is 12.1. The van der Waals surface area contributed by atoms with Gasteiger partial charge in [0, 0.05) is 25.0 Å². The molecule has 0 aliphatic heterocycles. The Bertz CT molecular complexity index is 1060. The zero-order valence-electron chi connectivity index (χ0n) is 13.0. The zero-order valence-corrected chi connectivity index (χ0v) is 13.0. The summed E-state index contributed by atoms with van der Waals surface area (Å²) in [4.78, 5) is 29.5. The number of methoxy groups -OCH3 is 1. The zero-order chi connectivity index (χ0) is 16.1. The van der Waals surface area contributed by atoms with E-state index < -0.39 is 5.97 Å². The number of pyridine rings is 1. The second-order valence-electron chi connectivity index (χ2n) is 5.52. The maximum Gasteiger partial charge on any atom is 0.359 e. The van der Waals surface area contributed by atoms with Gasteiger partial charge in [0.1, 0.15) is 16.7 Å². The predicted octanol–water partition coefficient (Wildman–Crippen LogP) is 2.45. The van der Waals surface area contributed by atoms with Gasteiger partial charge in [0.25, 0.3) is 0 Å². The van der Waals surface area contributed by atoms with Gasteiger partial charge < -0.3 is 19.6 Å². The lowest BCUT2D eigenvalue weighted by Gasteiger charge is -2.05. The molecule has 1 aromatic carbocycles. The van der Waals surface area contributed by atoms with Crippen LogP contribution in [0.15, 0.2) is 24.3 Å². The number of rotatable bonds is 2. The summed E-state index contributed by atoms with van der Waals surface area (Å²) in [5.41, 5.74) is 3.08. The molecule has 0 spiro atoms. The number of H-pyrrole nitrogens is 2. The van der Waals surface area contributed by atoms with E-state index in [0.717, 1.165) is 16.3 Å². The quantitative estimate of drug-likeness (QED) is 0.555. The molecule has 116 valence electrons. The highest BCUT2D eigenvalue weighted by atomic mass is 16.5. The summed E-state index contributed by atoms with van der Waals surface area (Å²) >= 11 is 0. The Hall–Kier alpha value is -3.09. The van der Waals surface area contributed by atoms with Gasteiger partial charge in [0.05, 0.1) is 12.5 Å². The van der Waals surface area contributed by atoms with Gasteiger partial charge in [-0.05, 0) is 6.07 Å². The summed E-state index contributed by atoms with van der Waals surface area (Å²) in [6.45, 7) is 0. The first kappa shape index (κ1) is 13.6. The van der Waals surface area contributed by atoms with E-state index in [1.54, 1.807) is 0 Å². The van der Waals surface area contributed by atoms with Crippen molar-refractivity contribution in [2.75, 3.05) is 26.1 Å². The number of hydrogen-bond donors (Lipinski definition) is 2. The minimum Gasteiger partial charge on any atom is -0.464 e. The molecule has 4 aromatic rings. The monoisotopic (exact) mass is 309 g/mol. The minimum atomic E-state index is -0.496. The Balaban J connectivity index is 2.21. The van der Waals surface area contributed by atoms with Crippen molar-refractivity contribution in [2.24, 2.45) is 0 Å². The Labute approximate surface area is 131 Å². The standard InChI is InChI=1S/C16H15N5O2/c1-21(2)16-19-11-10-8-6-4-5-7-9(8)17-14(10)18-13(12(11)20-16)15(22)23-3/h4-7H,1-3H3,(H,17,18)(H,19,20). The van der Waals surface area contributed by atoms with Gasteiger partial charge in [-0.2, -0.15) is 0 Å². The molecule has 0 fully saturated rings. The SMILES string of the molecule is COC(=O)c1nc2[nH]c3ccccc3c2c2nc(N(C)C)[nH]c12. The lowest BCUT2D eigenvalue weighted by molar-refractivity contribution is 0.0596. The fraction of sp³-hybridized carbons (Fsp3) is 0.188. The van der Waals surface area contributed by atoms with Crippen LogP contribution in [-0.4, -0.2) is 47.1 Å². The van der Waals surface area contributed by atoms with Crippen molar-refractivity contribution >= 4 is 44.9 Å². The molecule has 0 aliphatic carbocycles. The number of para-hydroxylation sites is 1. The number of hydrogen-bond acceptors (Lipinski definition) is 5. The third-order valence-corrected chi connectivity index (χ3v) is 3.88. The second kappa shape index (κ2) is 4.70. The molecule has 0 aliphatic rings. The van der Waals surface area contributed by atoms with Crippen LogP contribution in [0.5, 0.6) is 0 Å². The van der Waals surface area contributed by atoms with Crippen molar-refractivity contribution in [3.05, 3.63) is 30.0 Å². The fourth-order valence-corrected chi connectivity index (χ4v) is 2.79. The van der Waals surface area contributed by atoms with Crippen molar-refractivity contribution in [3.63, 3.8) is 0 Å². The molecule has 0 amide bonds. The highest BCUT2D eigenvalue weighted by Gasteiger charge is 2.22. The van der Waals surface area contributed by atoms with E-state index in [-0.39, 0.29) is 5.69 Å². The molecule has 4 rings (SSSR count). The van der Waals surface area contributed by atoms with Crippen LogP contribution in [0.25, 0.3) is 33.0 Å². The number of benzene rings is 1. The number of fused-ring (bicyclic) bond motifs is 5. The van der Waals surface area contributed by atoms with Gasteiger partial charge >= 0.3 is 5.97 Å². The van der Waals surface area contributed by atoms with Gasteiger partial charge in [-0.1, -0.05) is 18.2 Å². The number of carbonyl (C=O) groups excluding carboxylic acids is 1. The molecule has 0 radical (unpaired) electrons. The lowest BCUT2D eigenvalue weighted by atomic mass is 10.1. The van der Waals surface area contributed by atoms with Crippen molar-refractivity contribution in [2.45, 2.75) is 0 Å². The number of nitrogens with one attached hydrogen (secondary N) is 2. The fourth-order valence-electron chi connectivity index (χ4n) is 2.79. The minimum absolute atomic E-state index is 0.224. The second-order valence-corrected chi connectivity index (χ2v) is 5.52. The van der Waals surface area contributed by atoms with Crippen molar-refractivity contribution < 1.29 is 9.53 Å². The summed E-state index contributed by atoms with van der Waals surface area (Å²) < 4.78 is 4.86. The molecule has 7 heteroatoms. The normalized spacial score (nSPS) is 11.4. The number of aromatic amines is 2. The average molecular weight is 309 g/mol. The number of carbonyl (C=O) groups is 1. The number of imidazole rings is 1. The highest BCUT2D eigenvalue weighted by molar-refractivity contribution is 6.20. The van der Waals surface area contributed by atoms with E-state index in [1.807, 2.05) is 43.3 Å². The summed E-state index contributed by atoms with van der Waals surface area (Å²) in [5.74, 6) is 0.161. The Morgan fingerprint density at radius 2 is 1.96 bits per heavy atom. The lowest BCUT2D eigenvalue weighted by Crippen LogP contribution is -2.10. The van der Waals surface area contributed by atoms with E-state index in [2.05, 4.69) is 19.9 Å². The van der Waals surface area contributed by atoms with E-state index >= 15 is 0 Å². The first-order valence-corrected chi connectivity index (χ1v) is 7.16. The molecule has 0 bridgehead atoms. The van der Waals surface area contributed by atoms with Crippen molar-refractivity contribution in [1.29, 1.82) is 0 Å². The molecular formula is C16H15N5O2. The van der Waals surface area contributed by atoms with E-state index in [4.69, 9.17) is 4.74 Å². The number of ether oxygens (including phenoxy) is 1. The smallest absolute Gasteiger partial charge is 0.359 e. The molecule has 7 nitrogen and oxygen atoms in total. The van der Waals surface area contributed by atoms with Gasteiger partial charge in [0.15, 0.2) is 5.69 Å². The Morgan fingerprint density at radius 1 is 1.17 bits per heavy atom. The first-order chi connectivity index (χ1) is 11.1.